The second kappa shape index (κ2) is 18.2. The van der Waals surface area contributed by atoms with E-state index in [9.17, 15) is 29.4 Å². The van der Waals surface area contributed by atoms with Crippen LogP contribution in [-0.2, 0) is 43.9 Å². The maximum absolute atomic E-state index is 13.9. The van der Waals surface area contributed by atoms with E-state index in [4.69, 9.17) is 4.74 Å². The molecule has 0 aliphatic carbocycles. The Morgan fingerprint density at radius 2 is 1.53 bits per heavy atom. The number of aromatic amines is 1. The third-order valence-corrected chi connectivity index (χ3v) is 12.5. The first kappa shape index (κ1) is 40.9. The van der Waals surface area contributed by atoms with Crippen LogP contribution < -0.4 is 10.9 Å². The molecule has 12 heteroatoms. The number of pyridine rings is 1. The molecule has 4 aliphatic rings. The number of hydrogen-bond donors (Lipinski definition) is 4. The number of nitrogens with one attached hydrogen (secondary N) is 2. The molecule has 2 bridgehead atoms. The highest BCUT2D eigenvalue weighted by atomic mass is 16.5. The smallest absolute Gasteiger partial charge is 0.320 e. The fraction of sp³-hybridized carbons (Fsp3) is 0.375. The van der Waals surface area contributed by atoms with E-state index in [0.717, 1.165) is 54.7 Å². The van der Waals surface area contributed by atoms with Crippen LogP contribution in [0.15, 0.2) is 114 Å². The first-order chi connectivity index (χ1) is 29.1. The molecule has 2 amide bonds. The number of carbonyl (C=O) groups is 3. The number of phenols is 1. The number of rotatable bonds is 16. The van der Waals surface area contributed by atoms with E-state index < -0.39 is 11.5 Å². The van der Waals surface area contributed by atoms with Crippen molar-refractivity contribution < 1.29 is 29.3 Å². The predicted molar refractivity (Wildman–Crippen MR) is 228 cm³/mol. The number of H-pyrrole nitrogens is 1. The third-order valence-electron chi connectivity index (χ3n) is 12.5. The first-order valence-corrected chi connectivity index (χ1v) is 21.1. The van der Waals surface area contributed by atoms with E-state index in [2.05, 4.69) is 15.2 Å². The van der Waals surface area contributed by atoms with E-state index in [1.807, 2.05) is 89.8 Å². The summed E-state index contributed by atoms with van der Waals surface area (Å²) >= 11 is 0. The summed E-state index contributed by atoms with van der Waals surface area (Å²) in [6.07, 6.45) is 2.18. The van der Waals surface area contributed by atoms with E-state index in [1.165, 1.54) is 12.1 Å². The van der Waals surface area contributed by atoms with Crippen molar-refractivity contribution in [3.05, 3.63) is 147 Å². The zero-order valence-electron chi connectivity index (χ0n) is 33.8. The molecule has 4 aromatic carbocycles. The summed E-state index contributed by atoms with van der Waals surface area (Å²) in [5.41, 5.74) is 3.25. The molecule has 4 saturated heterocycles. The van der Waals surface area contributed by atoms with Gasteiger partial charge in [0.15, 0.2) is 0 Å². The van der Waals surface area contributed by atoms with Crippen LogP contribution in [0, 0.1) is 5.92 Å². The molecule has 1 aromatic heterocycles. The highest BCUT2D eigenvalue weighted by molar-refractivity contribution is 5.90. The summed E-state index contributed by atoms with van der Waals surface area (Å²) in [5.74, 6) is 0.0376. The predicted octanol–water partition coefficient (Wildman–Crippen LogP) is 4.48. The van der Waals surface area contributed by atoms with Crippen LogP contribution in [-0.4, -0.2) is 106 Å². The number of likely N-dealkylation sites (tertiary alicyclic amines) is 1. The Kier molecular flexibility index (Phi) is 12.4. The first-order valence-electron chi connectivity index (χ1n) is 21.1. The fourth-order valence-electron chi connectivity index (χ4n) is 9.00. The van der Waals surface area contributed by atoms with Crippen LogP contribution >= 0.6 is 0 Å². The molecule has 0 saturated carbocycles. The highest BCUT2D eigenvalue weighted by Gasteiger charge is 2.54. The molecule has 4 fully saturated rings. The molecule has 12 nitrogen and oxygen atoms in total. The van der Waals surface area contributed by atoms with E-state index >= 15 is 0 Å². The Hall–Kier alpha value is -5.82. The van der Waals surface area contributed by atoms with Gasteiger partial charge in [-0.15, -0.1) is 0 Å². The van der Waals surface area contributed by atoms with Gasteiger partial charge < -0.3 is 35.1 Å². The number of hydrogen-bond acceptors (Lipinski definition) is 9. The number of aliphatic hydroxyl groups excluding tert-OH is 1. The standard InChI is InChI=1S/C48H53N5O7/c54-40-18-16-38(39-17-19-43(56)50-46(39)40)41(55)28-49-22-7-23-52(29-35-8-3-1-4-9-35)44(57)26-33-12-14-34(15-13-33)27-45(58)53-31-48(32-53,37-10-5-2-6-11-37)47(59)60-42-30-51-24-20-36(42)21-25-51/h1-6,8-19,36,41-42,49,54-55H,7,20-32H2,(H,50,56). The minimum absolute atomic E-state index is 0.0183. The number of aromatic hydroxyl groups is 1. The monoisotopic (exact) mass is 811 g/mol. The summed E-state index contributed by atoms with van der Waals surface area (Å²) in [7, 11) is 0. The maximum atomic E-state index is 13.9. The molecule has 4 aliphatic heterocycles. The van der Waals surface area contributed by atoms with E-state index in [1.54, 1.807) is 17.0 Å². The fourth-order valence-corrected chi connectivity index (χ4v) is 9.00. The van der Waals surface area contributed by atoms with Gasteiger partial charge in [-0.3, -0.25) is 24.1 Å². The number of esters is 1. The number of phenolic OH excluding ortho intramolecular Hbond substituents is 1. The van der Waals surface area contributed by atoms with Gasteiger partial charge in [0.05, 0.1) is 24.5 Å². The third kappa shape index (κ3) is 9.16. The summed E-state index contributed by atoms with van der Waals surface area (Å²) in [4.78, 5) is 61.6. The minimum atomic E-state index is -0.878. The van der Waals surface area contributed by atoms with E-state index in [-0.39, 0.29) is 73.2 Å². The van der Waals surface area contributed by atoms with Crippen molar-refractivity contribution in [1.29, 1.82) is 0 Å². The van der Waals surface area contributed by atoms with Crippen LogP contribution in [0.1, 0.15) is 53.2 Å². The summed E-state index contributed by atoms with van der Waals surface area (Å²) < 4.78 is 6.23. The molecule has 2 atom stereocenters. The highest BCUT2D eigenvalue weighted by Crippen LogP contribution is 2.39. The lowest BCUT2D eigenvalue weighted by Crippen LogP contribution is -2.66. The average Bonchev–Trinajstić information content (AvgIpc) is 3.25. The van der Waals surface area contributed by atoms with Gasteiger partial charge in [-0.25, -0.2) is 0 Å². The Bertz CT molecular complexity index is 2340. The van der Waals surface area contributed by atoms with Crippen molar-refractivity contribution in [1.82, 2.24) is 25.0 Å². The zero-order valence-corrected chi connectivity index (χ0v) is 33.8. The normalized spacial score (nSPS) is 19.7. The SMILES string of the molecule is O=C(Cc1ccc(CC(=O)N2CC(C(=O)OC3CN4CCC3CC4)(c3ccccc3)C2)cc1)N(CCCNCC(O)c1ccc(O)c2[nH]c(=O)ccc12)Cc1ccccc1. The Balaban J connectivity index is 0.840. The molecule has 2 unspecified atom stereocenters. The van der Waals surface area contributed by atoms with Gasteiger partial charge in [0.1, 0.15) is 17.3 Å². The zero-order chi connectivity index (χ0) is 41.6. The number of amides is 2. The molecular weight excluding hydrogens is 759 g/mol. The molecule has 5 aromatic rings. The van der Waals surface area contributed by atoms with Crippen molar-refractivity contribution in [2.24, 2.45) is 5.92 Å². The molecule has 9 rings (SSSR count). The van der Waals surface area contributed by atoms with Gasteiger partial charge >= 0.3 is 5.97 Å². The number of fused-ring (bicyclic) bond motifs is 4. The number of nitrogens with zero attached hydrogens (tertiary/aromatic N) is 3. The number of aromatic nitrogens is 1. The van der Waals surface area contributed by atoms with Gasteiger partial charge in [-0.1, -0.05) is 91.0 Å². The number of benzene rings is 4. The summed E-state index contributed by atoms with van der Waals surface area (Å²) in [6.45, 7) is 5.25. The number of aliphatic hydroxyl groups is 1. The molecule has 312 valence electrons. The lowest BCUT2D eigenvalue weighted by molar-refractivity contribution is -0.175. The lowest BCUT2D eigenvalue weighted by Gasteiger charge is -2.50. The van der Waals surface area contributed by atoms with Crippen molar-refractivity contribution in [2.75, 3.05) is 52.4 Å². The number of piperidine rings is 3. The Morgan fingerprint density at radius 1 is 0.850 bits per heavy atom. The number of carbonyl (C=O) groups excluding carboxylic acids is 3. The summed E-state index contributed by atoms with van der Waals surface area (Å²) in [6, 6.07) is 33.2. The lowest BCUT2D eigenvalue weighted by atomic mass is 9.73. The number of ether oxygens (including phenoxy) is 1. The second-order valence-electron chi connectivity index (χ2n) is 16.6. The van der Waals surface area contributed by atoms with Crippen LogP contribution in [0.5, 0.6) is 5.75 Å². The molecule has 0 radical (unpaired) electrons. The van der Waals surface area contributed by atoms with Gasteiger partial charge in [0.2, 0.25) is 17.4 Å². The summed E-state index contributed by atoms with van der Waals surface area (Å²) in [5, 5.41) is 25.0. The van der Waals surface area contributed by atoms with Gasteiger partial charge in [-0.05, 0) is 84.8 Å². The van der Waals surface area contributed by atoms with Gasteiger partial charge in [0.25, 0.3) is 0 Å². The molecule has 4 N–H and O–H groups in total. The van der Waals surface area contributed by atoms with Crippen molar-refractivity contribution in [3.8, 4) is 5.75 Å². The van der Waals surface area contributed by atoms with Crippen LogP contribution in [0.25, 0.3) is 10.9 Å². The Labute approximate surface area is 349 Å². The minimum Gasteiger partial charge on any atom is -0.506 e. The topological polar surface area (TPSA) is 156 Å². The van der Waals surface area contributed by atoms with Crippen molar-refractivity contribution in [3.63, 3.8) is 0 Å². The van der Waals surface area contributed by atoms with Crippen LogP contribution in [0.3, 0.4) is 0 Å². The second-order valence-corrected chi connectivity index (χ2v) is 16.6. The van der Waals surface area contributed by atoms with Crippen molar-refractivity contribution >= 4 is 28.7 Å². The maximum Gasteiger partial charge on any atom is 0.320 e. The molecule has 0 spiro atoms. The van der Waals surface area contributed by atoms with Crippen molar-refractivity contribution in [2.45, 2.75) is 56.3 Å². The Morgan fingerprint density at radius 3 is 2.22 bits per heavy atom. The quantitative estimate of drug-likeness (QED) is 0.0835. The average molecular weight is 812 g/mol. The van der Waals surface area contributed by atoms with Gasteiger partial charge in [-0.2, -0.15) is 0 Å². The van der Waals surface area contributed by atoms with Gasteiger partial charge in [0, 0.05) is 50.7 Å². The van der Waals surface area contributed by atoms with Crippen LogP contribution in [0.2, 0.25) is 0 Å². The molecule has 60 heavy (non-hydrogen) atoms. The molecule has 5 heterocycles. The van der Waals surface area contributed by atoms with Crippen LogP contribution in [0.4, 0.5) is 0 Å². The van der Waals surface area contributed by atoms with E-state index in [0.29, 0.717) is 42.9 Å². The largest absolute Gasteiger partial charge is 0.506 e. The molecular formula is C48H53N5O7.